The van der Waals surface area contributed by atoms with Crippen LogP contribution in [0.25, 0.3) is 0 Å². The van der Waals surface area contributed by atoms with Gasteiger partial charge in [-0.05, 0) is 19.3 Å². The van der Waals surface area contributed by atoms with Crippen molar-refractivity contribution in [1.29, 1.82) is 0 Å². The number of fused-ring (bicyclic) bond motifs is 1. The van der Waals surface area contributed by atoms with Gasteiger partial charge in [0.05, 0.1) is 51.2 Å². The van der Waals surface area contributed by atoms with Gasteiger partial charge in [-0.15, -0.1) is 0 Å². The molecule has 1 fully saturated rings. The van der Waals surface area contributed by atoms with E-state index in [1.807, 2.05) is 0 Å². The first kappa shape index (κ1) is 13.7. The predicted octanol–water partition coefficient (Wildman–Crippen LogP) is 0.0605. The Kier molecular flexibility index (Phi) is 3.60. The first-order valence-electron chi connectivity index (χ1n) is 7.67. The lowest BCUT2D eigenvalue weighted by molar-refractivity contribution is -0.910. The van der Waals surface area contributed by atoms with Gasteiger partial charge in [-0.25, -0.2) is 0 Å². The van der Waals surface area contributed by atoms with Gasteiger partial charge in [-0.2, -0.15) is 5.10 Å². The fourth-order valence-corrected chi connectivity index (χ4v) is 3.36. The Morgan fingerprint density at radius 2 is 2.00 bits per heavy atom. The minimum atomic E-state index is 0.261. The van der Waals surface area contributed by atoms with Crippen molar-refractivity contribution in [3.8, 4) is 0 Å². The van der Waals surface area contributed by atoms with E-state index in [1.54, 1.807) is 0 Å². The molecule has 0 amide bonds. The molecule has 3 rings (SSSR count). The molecule has 2 aliphatic heterocycles. The highest BCUT2D eigenvalue weighted by atomic mass is 16.3. The predicted molar refractivity (Wildman–Crippen MR) is 79.7 cm³/mol. The first-order valence-corrected chi connectivity index (χ1v) is 7.67. The van der Waals surface area contributed by atoms with Crippen molar-refractivity contribution in [2.75, 3.05) is 57.0 Å². The number of quaternary nitrogens is 1. The van der Waals surface area contributed by atoms with Gasteiger partial charge in [-0.3, -0.25) is 4.68 Å². The molecule has 1 aromatic rings. The third-order valence-corrected chi connectivity index (χ3v) is 4.87. The van der Waals surface area contributed by atoms with E-state index in [1.165, 1.54) is 18.5 Å². The van der Waals surface area contributed by atoms with Crippen LogP contribution in [-0.4, -0.2) is 65.7 Å². The van der Waals surface area contributed by atoms with Crippen molar-refractivity contribution < 1.29 is 9.59 Å². The number of hydrogen-bond acceptors (Lipinski definition) is 4. The van der Waals surface area contributed by atoms with E-state index in [4.69, 9.17) is 15.9 Å². The standard InChI is InChI=1S/C14H26N5O/c1-19(10-11-20)8-6-17(7-9-19)14-13(15)12-4-2-3-5-18(12)16-14/h20H,2-11,15H2,1H3/q+1. The number of nitrogens with two attached hydrogens (primary N) is 1. The average Bonchev–Trinajstić information content (AvgIpc) is 2.78. The van der Waals surface area contributed by atoms with Crippen molar-refractivity contribution in [2.45, 2.75) is 25.8 Å². The van der Waals surface area contributed by atoms with Crippen LogP contribution in [0.2, 0.25) is 0 Å². The highest BCUT2D eigenvalue weighted by Crippen LogP contribution is 2.30. The summed E-state index contributed by atoms with van der Waals surface area (Å²) >= 11 is 0. The van der Waals surface area contributed by atoms with E-state index in [9.17, 15) is 0 Å². The summed E-state index contributed by atoms with van der Waals surface area (Å²) in [7, 11) is 2.22. The van der Waals surface area contributed by atoms with Crippen LogP contribution in [-0.2, 0) is 13.0 Å². The number of hydrogen-bond donors (Lipinski definition) is 2. The molecule has 2 aliphatic rings. The topological polar surface area (TPSA) is 67.3 Å². The SMILES string of the molecule is C[N+]1(CCO)CCN(c2nn3c(c2N)CCCC3)CC1. The van der Waals surface area contributed by atoms with Gasteiger partial charge < -0.3 is 20.2 Å². The third-order valence-electron chi connectivity index (χ3n) is 4.87. The van der Waals surface area contributed by atoms with Gasteiger partial charge >= 0.3 is 0 Å². The van der Waals surface area contributed by atoms with Crippen molar-refractivity contribution in [2.24, 2.45) is 0 Å². The number of aryl methyl sites for hydroxylation is 1. The molecule has 0 saturated carbocycles. The zero-order chi connectivity index (χ0) is 14.2. The van der Waals surface area contributed by atoms with Crippen molar-refractivity contribution in [1.82, 2.24) is 9.78 Å². The summed E-state index contributed by atoms with van der Waals surface area (Å²) in [6.07, 6.45) is 3.49. The Morgan fingerprint density at radius 3 is 2.65 bits per heavy atom. The third kappa shape index (κ3) is 2.38. The van der Waals surface area contributed by atoms with Crippen LogP contribution < -0.4 is 10.6 Å². The Bertz CT molecular complexity index is 476. The van der Waals surface area contributed by atoms with Crippen molar-refractivity contribution in [3.05, 3.63) is 5.69 Å². The lowest BCUT2D eigenvalue weighted by Crippen LogP contribution is -2.58. The maximum atomic E-state index is 9.16. The molecule has 0 unspecified atom stereocenters. The Labute approximate surface area is 120 Å². The molecule has 112 valence electrons. The van der Waals surface area contributed by atoms with Gasteiger partial charge in [0.1, 0.15) is 6.54 Å². The molecule has 0 atom stereocenters. The molecule has 20 heavy (non-hydrogen) atoms. The van der Waals surface area contributed by atoms with Gasteiger partial charge in [0.15, 0.2) is 5.82 Å². The summed E-state index contributed by atoms with van der Waals surface area (Å²) in [5.74, 6) is 0.983. The zero-order valence-electron chi connectivity index (χ0n) is 12.4. The average molecular weight is 280 g/mol. The number of anilines is 2. The van der Waals surface area contributed by atoms with Crippen LogP contribution >= 0.6 is 0 Å². The molecule has 0 aromatic carbocycles. The normalized spacial score (nSPS) is 21.8. The minimum Gasteiger partial charge on any atom is -0.394 e. The Balaban J connectivity index is 1.74. The second kappa shape index (κ2) is 5.26. The Hall–Kier alpha value is -1.27. The Morgan fingerprint density at radius 1 is 1.25 bits per heavy atom. The maximum absolute atomic E-state index is 9.16. The molecule has 3 heterocycles. The number of aliphatic hydroxyl groups excluding tert-OH is 1. The molecule has 0 spiro atoms. The summed E-state index contributed by atoms with van der Waals surface area (Å²) in [4.78, 5) is 2.32. The minimum absolute atomic E-state index is 0.261. The van der Waals surface area contributed by atoms with Crippen LogP contribution in [0.3, 0.4) is 0 Å². The molecular weight excluding hydrogens is 254 g/mol. The second-order valence-corrected chi connectivity index (χ2v) is 6.37. The monoisotopic (exact) mass is 280 g/mol. The quantitative estimate of drug-likeness (QED) is 0.769. The second-order valence-electron chi connectivity index (χ2n) is 6.37. The fourth-order valence-electron chi connectivity index (χ4n) is 3.36. The number of piperazine rings is 1. The van der Waals surface area contributed by atoms with Gasteiger partial charge in [-0.1, -0.05) is 0 Å². The van der Waals surface area contributed by atoms with Gasteiger partial charge in [0.2, 0.25) is 0 Å². The van der Waals surface area contributed by atoms with Crippen LogP contribution in [0.1, 0.15) is 18.5 Å². The molecule has 3 N–H and O–H groups in total. The molecular formula is C14H26N5O+. The van der Waals surface area contributed by atoms with E-state index in [0.29, 0.717) is 0 Å². The van der Waals surface area contributed by atoms with Crippen molar-refractivity contribution >= 4 is 11.5 Å². The van der Waals surface area contributed by atoms with Gasteiger partial charge in [0.25, 0.3) is 0 Å². The molecule has 0 radical (unpaired) electrons. The summed E-state index contributed by atoms with van der Waals surface area (Å²) in [5, 5.41) is 13.9. The summed E-state index contributed by atoms with van der Waals surface area (Å²) in [6, 6.07) is 0. The summed E-state index contributed by atoms with van der Waals surface area (Å²) in [5.41, 5.74) is 8.43. The lowest BCUT2D eigenvalue weighted by atomic mass is 10.1. The van der Waals surface area contributed by atoms with Crippen LogP contribution in [0, 0.1) is 0 Å². The van der Waals surface area contributed by atoms with E-state index in [0.717, 1.165) is 61.7 Å². The van der Waals surface area contributed by atoms with Gasteiger partial charge in [0, 0.05) is 6.54 Å². The smallest absolute Gasteiger partial charge is 0.174 e. The van der Waals surface area contributed by atoms with E-state index < -0.39 is 0 Å². The molecule has 1 saturated heterocycles. The number of aromatic nitrogens is 2. The number of nitrogens with zero attached hydrogens (tertiary/aromatic N) is 4. The summed E-state index contributed by atoms with van der Waals surface area (Å²) in [6.45, 7) is 6.13. The highest BCUT2D eigenvalue weighted by Gasteiger charge is 2.31. The highest BCUT2D eigenvalue weighted by molar-refractivity contribution is 5.66. The summed E-state index contributed by atoms with van der Waals surface area (Å²) < 4.78 is 3.05. The largest absolute Gasteiger partial charge is 0.394 e. The van der Waals surface area contributed by atoms with Crippen LogP contribution in [0.15, 0.2) is 0 Å². The lowest BCUT2D eigenvalue weighted by Gasteiger charge is -2.41. The van der Waals surface area contributed by atoms with E-state index >= 15 is 0 Å². The maximum Gasteiger partial charge on any atom is 0.174 e. The number of rotatable bonds is 3. The molecule has 0 bridgehead atoms. The number of nitrogen functional groups attached to an aromatic ring is 1. The van der Waals surface area contributed by atoms with E-state index in [2.05, 4.69) is 16.6 Å². The molecule has 0 aliphatic carbocycles. The molecule has 6 heteroatoms. The first-order chi connectivity index (χ1) is 9.63. The van der Waals surface area contributed by atoms with Crippen LogP contribution in [0.5, 0.6) is 0 Å². The molecule has 6 nitrogen and oxygen atoms in total. The zero-order valence-corrected chi connectivity index (χ0v) is 12.4. The van der Waals surface area contributed by atoms with Crippen LogP contribution in [0.4, 0.5) is 11.5 Å². The molecule has 1 aromatic heterocycles. The van der Waals surface area contributed by atoms with E-state index in [-0.39, 0.29) is 6.61 Å². The number of aliphatic hydroxyl groups is 1. The van der Waals surface area contributed by atoms with Crippen molar-refractivity contribution in [3.63, 3.8) is 0 Å². The fraction of sp³-hybridized carbons (Fsp3) is 0.786. The number of likely N-dealkylation sites (N-methyl/N-ethyl adjacent to an activating group) is 1.